The van der Waals surface area contributed by atoms with Crippen LogP contribution in [0.5, 0.6) is 0 Å². The Morgan fingerprint density at radius 3 is 2.67 bits per heavy atom. The summed E-state index contributed by atoms with van der Waals surface area (Å²) in [6.07, 6.45) is 8.91. The summed E-state index contributed by atoms with van der Waals surface area (Å²) in [5, 5.41) is 3.75. The summed E-state index contributed by atoms with van der Waals surface area (Å²) in [5.74, 6) is 0.721. The minimum atomic E-state index is 0.0682. The number of hydrogen-bond donors (Lipinski definition) is 1. The summed E-state index contributed by atoms with van der Waals surface area (Å²) in [4.78, 5) is 0. The molecule has 2 aliphatic rings. The third-order valence-corrected chi connectivity index (χ3v) is 5.67. The van der Waals surface area contributed by atoms with Crippen LogP contribution in [0.2, 0.25) is 0 Å². The fourth-order valence-corrected chi connectivity index (χ4v) is 4.43. The van der Waals surface area contributed by atoms with Crippen LogP contribution in [0.25, 0.3) is 0 Å². The summed E-state index contributed by atoms with van der Waals surface area (Å²) in [5.41, 5.74) is 3.19. The van der Waals surface area contributed by atoms with Crippen molar-refractivity contribution in [2.45, 2.75) is 69.4 Å². The zero-order valence-electron chi connectivity index (χ0n) is 13.5. The Morgan fingerprint density at radius 1 is 1.24 bits per heavy atom. The molecule has 1 N–H and O–H groups in total. The smallest absolute Gasteiger partial charge is 0.0831 e. The van der Waals surface area contributed by atoms with E-state index in [9.17, 15) is 0 Å². The molecular weight excluding hydrogens is 258 g/mol. The Morgan fingerprint density at radius 2 is 2.00 bits per heavy atom. The van der Waals surface area contributed by atoms with Gasteiger partial charge in [0.1, 0.15) is 0 Å². The van der Waals surface area contributed by atoms with E-state index in [-0.39, 0.29) is 5.60 Å². The summed E-state index contributed by atoms with van der Waals surface area (Å²) in [6.45, 7) is 3.25. The first-order chi connectivity index (χ1) is 10.3. The normalized spacial score (nSPS) is 25.0. The molecule has 3 rings (SSSR count). The molecule has 21 heavy (non-hydrogen) atoms. The summed E-state index contributed by atoms with van der Waals surface area (Å²) >= 11 is 0. The predicted octanol–water partition coefficient (Wildman–Crippen LogP) is 4.04. The summed E-state index contributed by atoms with van der Waals surface area (Å²) < 4.78 is 6.09. The van der Waals surface area contributed by atoms with Crippen LogP contribution < -0.4 is 5.32 Å². The van der Waals surface area contributed by atoms with Crippen LogP contribution >= 0.6 is 0 Å². The average molecular weight is 287 g/mol. The Hall–Kier alpha value is -0.860. The fraction of sp³-hybridized carbons (Fsp3) is 0.684. The molecule has 2 nitrogen and oxygen atoms in total. The molecule has 0 spiro atoms. The van der Waals surface area contributed by atoms with E-state index in [1.807, 2.05) is 7.11 Å². The van der Waals surface area contributed by atoms with E-state index in [4.69, 9.17) is 4.74 Å². The molecule has 0 amide bonds. The second kappa shape index (κ2) is 6.50. The summed E-state index contributed by atoms with van der Waals surface area (Å²) in [6, 6.07) is 9.42. The van der Waals surface area contributed by atoms with Crippen molar-refractivity contribution in [2.75, 3.05) is 13.7 Å². The molecule has 116 valence electrons. The highest BCUT2D eigenvalue weighted by molar-refractivity contribution is 5.40. The van der Waals surface area contributed by atoms with Gasteiger partial charge in [-0.05, 0) is 49.3 Å². The first kappa shape index (κ1) is 15.1. The SMILES string of the molecule is CCNC(CC1Cc2ccccc21)C1(OC)CCCCC1. The molecule has 1 aromatic rings. The average Bonchev–Trinajstić information content (AvgIpc) is 2.52. The Balaban J connectivity index is 1.73. The number of likely N-dealkylation sites (N-methyl/N-ethyl adjacent to an activating group) is 1. The second-order valence-corrected chi connectivity index (χ2v) is 6.78. The molecule has 2 heteroatoms. The van der Waals surface area contributed by atoms with Gasteiger partial charge in [-0.2, -0.15) is 0 Å². The van der Waals surface area contributed by atoms with Crippen molar-refractivity contribution >= 4 is 0 Å². The van der Waals surface area contributed by atoms with E-state index in [0.29, 0.717) is 6.04 Å². The van der Waals surface area contributed by atoms with Crippen LogP contribution in [0.3, 0.4) is 0 Å². The van der Waals surface area contributed by atoms with Crippen molar-refractivity contribution in [1.82, 2.24) is 5.32 Å². The van der Waals surface area contributed by atoms with E-state index in [1.54, 1.807) is 11.1 Å². The number of fused-ring (bicyclic) bond motifs is 1. The molecule has 1 fully saturated rings. The van der Waals surface area contributed by atoms with Crippen molar-refractivity contribution in [2.24, 2.45) is 0 Å². The molecular formula is C19H29NO. The van der Waals surface area contributed by atoms with Crippen molar-refractivity contribution < 1.29 is 4.74 Å². The lowest BCUT2D eigenvalue weighted by Crippen LogP contribution is -2.54. The fourth-order valence-electron chi connectivity index (χ4n) is 4.43. The highest BCUT2D eigenvalue weighted by Crippen LogP contribution is 2.42. The zero-order valence-corrected chi connectivity index (χ0v) is 13.5. The van der Waals surface area contributed by atoms with Crippen LogP contribution in [0.15, 0.2) is 24.3 Å². The lowest BCUT2D eigenvalue weighted by Gasteiger charge is -2.45. The van der Waals surface area contributed by atoms with Gasteiger partial charge in [0.2, 0.25) is 0 Å². The number of ether oxygens (including phenoxy) is 1. The maximum absolute atomic E-state index is 6.09. The molecule has 0 bridgehead atoms. The minimum Gasteiger partial charge on any atom is -0.377 e. The molecule has 0 aromatic heterocycles. The van der Waals surface area contributed by atoms with Gasteiger partial charge < -0.3 is 10.1 Å². The molecule has 0 heterocycles. The topological polar surface area (TPSA) is 21.3 Å². The number of nitrogens with one attached hydrogen (secondary N) is 1. The van der Waals surface area contributed by atoms with Gasteiger partial charge in [0.15, 0.2) is 0 Å². The highest BCUT2D eigenvalue weighted by Gasteiger charge is 2.42. The number of benzene rings is 1. The van der Waals surface area contributed by atoms with Gasteiger partial charge >= 0.3 is 0 Å². The van der Waals surface area contributed by atoms with Crippen molar-refractivity contribution in [3.63, 3.8) is 0 Å². The Bertz CT molecular complexity index is 464. The molecule has 2 aliphatic carbocycles. The van der Waals surface area contributed by atoms with Gasteiger partial charge in [-0.1, -0.05) is 50.5 Å². The third-order valence-electron chi connectivity index (χ3n) is 5.67. The first-order valence-electron chi connectivity index (χ1n) is 8.65. The number of methoxy groups -OCH3 is 1. The molecule has 0 saturated heterocycles. The standard InChI is InChI=1S/C19H29NO/c1-3-20-18(19(21-2)11-7-4-8-12-19)14-16-13-15-9-5-6-10-17(15)16/h5-6,9-10,16,18,20H,3-4,7-8,11-14H2,1-2H3. The van der Waals surface area contributed by atoms with Gasteiger partial charge in [0.05, 0.1) is 5.60 Å². The van der Waals surface area contributed by atoms with Crippen LogP contribution in [-0.2, 0) is 11.2 Å². The van der Waals surface area contributed by atoms with Crippen LogP contribution in [0, 0.1) is 0 Å². The van der Waals surface area contributed by atoms with Crippen LogP contribution in [0.1, 0.15) is 62.5 Å². The minimum absolute atomic E-state index is 0.0682. The monoisotopic (exact) mass is 287 g/mol. The molecule has 0 radical (unpaired) electrons. The van der Waals surface area contributed by atoms with E-state index < -0.39 is 0 Å². The van der Waals surface area contributed by atoms with Crippen molar-refractivity contribution in [3.8, 4) is 0 Å². The Kier molecular flexibility index (Phi) is 4.66. The van der Waals surface area contributed by atoms with E-state index in [1.165, 1.54) is 44.9 Å². The van der Waals surface area contributed by atoms with Gasteiger partial charge in [0, 0.05) is 13.2 Å². The van der Waals surface area contributed by atoms with Crippen LogP contribution in [-0.4, -0.2) is 25.3 Å². The van der Waals surface area contributed by atoms with E-state index in [2.05, 4.69) is 36.5 Å². The molecule has 0 aliphatic heterocycles. The molecule has 1 saturated carbocycles. The molecule has 2 atom stereocenters. The van der Waals surface area contributed by atoms with Gasteiger partial charge in [-0.25, -0.2) is 0 Å². The predicted molar refractivity (Wildman–Crippen MR) is 87.8 cm³/mol. The largest absolute Gasteiger partial charge is 0.377 e. The number of rotatable bonds is 6. The van der Waals surface area contributed by atoms with Crippen molar-refractivity contribution in [3.05, 3.63) is 35.4 Å². The van der Waals surface area contributed by atoms with E-state index >= 15 is 0 Å². The lowest BCUT2D eigenvalue weighted by atomic mass is 9.69. The highest BCUT2D eigenvalue weighted by atomic mass is 16.5. The zero-order chi connectivity index (χ0) is 14.7. The summed E-state index contributed by atoms with van der Waals surface area (Å²) in [7, 11) is 1.92. The maximum Gasteiger partial charge on any atom is 0.0831 e. The van der Waals surface area contributed by atoms with Gasteiger partial charge in [-0.3, -0.25) is 0 Å². The van der Waals surface area contributed by atoms with Gasteiger partial charge in [0.25, 0.3) is 0 Å². The second-order valence-electron chi connectivity index (χ2n) is 6.78. The quantitative estimate of drug-likeness (QED) is 0.852. The Labute approximate surface area is 129 Å². The van der Waals surface area contributed by atoms with Crippen LogP contribution in [0.4, 0.5) is 0 Å². The maximum atomic E-state index is 6.09. The van der Waals surface area contributed by atoms with Crippen molar-refractivity contribution in [1.29, 1.82) is 0 Å². The van der Waals surface area contributed by atoms with Gasteiger partial charge in [-0.15, -0.1) is 0 Å². The first-order valence-corrected chi connectivity index (χ1v) is 8.65. The third kappa shape index (κ3) is 2.89. The number of hydrogen-bond acceptors (Lipinski definition) is 2. The molecule has 2 unspecified atom stereocenters. The molecule has 1 aromatic carbocycles. The van der Waals surface area contributed by atoms with E-state index in [0.717, 1.165) is 12.5 Å². The lowest BCUT2D eigenvalue weighted by molar-refractivity contribution is -0.0707.